The summed E-state index contributed by atoms with van der Waals surface area (Å²) >= 11 is 1.43. The normalized spacial score (nSPS) is 22.6. The number of aromatic nitrogens is 1. The molecule has 1 N–H and O–H groups in total. The Labute approximate surface area is 134 Å². The number of hydrogen-bond donors (Lipinski definition) is 1. The van der Waals surface area contributed by atoms with E-state index in [1.165, 1.54) is 17.8 Å². The van der Waals surface area contributed by atoms with E-state index in [0.29, 0.717) is 30.6 Å². The molecule has 1 aromatic rings. The van der Waals surface area contributed by atoms with Crippen molar-refractivity contribution >= 4 is 28.4 Å². The van der Waals surface area contributed by atoms with Crippen molar-refractivity contribution in [3.63, 3.8) is 0 Å². The van der Waals surface area contributed by atoms with Gasteiger partial charge in [-0.1, -0.05) is 6.92 Å². The van der Waals surface area contributed by atoms with Crippen LogP contribution >= 0.6 is 11.3 Å². The van der Waals surface area contributed by atoms with Gasteiger partial charge >= 0.3 is 6.03 Å². The molecule has 120 valence electrons. The quantitative estimate of drug-likeness (QED) is 0.924. The number of amides is 3. The maximum Gasteiger partial charge on any atom is 0.323 e. The van der Waals surface area contributed by atoms with Crippen LogP contribution in [0.5, 0.6) is 0 Å². The molecule has 0 bridgehead atoms. The Hall–Kier alpha value is -1.63. The molecule has 6 nitrogen and oxygen atoms in total. The van der Waals surface area contributed by atoms with Crippen molar-refractivity contribution in [2.24, 2.45) is 5.92 Å². The second-order valence-electron chi connectivity index (χ2n) is 6.10. The number of nitrogens with one attached hydrogen (secondary N) is 1. The summed E-state index contributed by atoms with van der Waals surface area (Å²) < 4.78 is 0. The Morgan fingerprint density at radius 2 is 2.27 bits per heavy atom. The smallest absolute Gasteiger partial charge is 0.323 e. The minimum atomic E-state index is -0.103. The largest absolute Gasteiger partial charge is 0.342 e. The Balaban J connectivity index is 1.59. The van der Waals surface area contributed by atoms with Crippen molar-refractivity contribution in [1.29, 1.82) is 0 Å². The predicted molar refractivity (Wildman–Crippen MR) is 86.2 cm³/mol. The molecule has 2 fully saturated rings. The standard InChI is InChI=1S/C15H22N4O2S/c1-11-3-2-6-18(7-4-11)13(20)9-12-10-22-15(17-12)19-8-5-16-14(19)21/h10-11H,2-9H2,1H3,(H,16,21)/t11-/m0/s1. The van der Waals surface area contributed by atoms with Crippen LogP contribution < -0.4 is 10.2 Å². The molecule has 1 aromatic heterocycles. The SMILES string of the molecule is C[C@H]1CCCN(C(=O)Cc2csc(N3CCNC3=O)n2)CC1. The van der Waals surface area contributed by atoms with Crippen molar-refractivity contribution in [2.45, 2.75) is 32.6 Å². The fourth-order valence-corrected chi connectivity index (χ4v) is 3.78. The van der Waals surface area contributed by atoms with E-state index in [1.54, 1.807) is 4.90 Å². The summed E-state index contributed by atoms with van der Waals surface area (Å²) in [6, 6.07) is -0.103. The highest BCUT2D eigenvalue weighted by atomic mass is 32.1. The molecule has 0 saturated carbocycles. The van der Waals surface area contributed by atoms with Gasteiger partial charge in [0.15, 0.2) is 5.13 Å². The van der Waals surface area contributed by atoms with Crippen LogP contribution in [0.15, 0.2) is 5.38 Å². The van der Waals surface area contributed by atoms with E-state index in [1.807, 2.05) is 10.3 Å². The number of hydrogen-bond acceptors (Lipinski definition) is 4. The van der Waals surface area contributed by atoms with Crippen LogP contribution in [0.2, 0.25) is 0 Å². The second kappa shape index (κ2) is 6.64. The molecule has 1 atom stereocenters. The van der Waals surface area contributed by atoms with Gasteiger partial charge in [0.05, 0.1) is 12.1 Å². The molecule has 7 heteroatoms. The summed E-state index contributed by atoms with van der Waals surface area (Å²) in [5.74, 6) is 0.856. The number of rotatable bonds is 3. The summed E-state index contributed by atoms with van der Waals surface area (Å²) in [5.41, 5.74) is 0.766. The zero-order chi connectivity index (χ0) is 15.5. The maximum absolute atomic E-state index is 12.4. The number of thiazole rings is 1. The van der Waals surface area contributed by atoms with E-state index in [4.69, 9.17) is 0 Å². The molecule has 3 amide bonds. The number of anilines is 1. The van der Waals surface area contributed by atoms with Crippen molar-refractivity contribution in [2.75, 3.05) is 31.1 Å². The van der Waals surface area contributed by atoms with E-state index < -0.39 is 0 Å². The molecule has 2 saturated heterocycles. The lowest BCUT2D eigenvalue weighted by Gasteiger charge is -2.20. The van der Waals surface area contributed by atoms with Gasteiger partial charge in [0.2, 0.25) is 5.91 Å². The lowest BCUT2D eigenvalue weighted by atomic mass is 10.0. The average Bonchev–Trinajstić information content (AvgIpc) is 3.05. The molecule has 0 spiro atoms. The topological polar surface area (TPSA) is 65.5 Å². The fraction of sp³-hybridized carbons (Fsp3) is 0.667. The third kappa shape index (κ3) is 3.40. The van der Waals surface area contributed by atoms with Crippen LogP contribution in [-0.4, -0.2) is 48.0 Å². The first-order valence-corrected chi connectivity index (χ1v) is 8.79. The van der Waals surface area contributed by atoms with Gasteiger partial charge in [-0.2, -0.15) is 0 Å². The third-order valence-corrected chi connectivity index (χ3v) is 5.24. The van der Waals surface area contributed by atoms with Crippen LogP contribution in [0.1, 0.15) is 31.9 Å². The van der Waals surface area contributed by atoms with Crippen molar-refractivity contribution in [3.8, 4) is 0 Å². The molecular formula is C15H22N4O2S. The number of nitrogens with zero attached hydrogens (tertiary/aromatic N) is 3. The van der Waals surface area contributed by atoms with E-state index in [2.05, 4.69) is 17.2 Å². The minimum absolute atomic E-state index is 0.103. The van der Waals surface area contributed by atoms with Gasteiger partial charge in [0, 0.05) is 31.6 Å². The Morgan fingerprint density at radius 1 is 1.41 bits per heavy atom. The summed E-state index contributed by atoms with van der Waals surface area (Å²) in [6.45, 7) is 5.25. The molecular weight excluding hydrogens is 300 g/mol. The minimum Gasteiger partial charge on any atom is -0.342 e. The van der Waals surface area contributed by atoms with Crippen LogP contribution in [0.3, 0.4) is 0 Å². The van der Waals surface area contributed by atoms with Gasteiger partial charge in [0.1, 0.15) is 0 Å². The predicted octanol–water partition coefficient (Wildman–Crippen LogP) is 1.86. The maximum atomic E-state index is 12.4. The molecule has 3 heterocycles. The van der Waals surface area contributed by atoms with Crippen LogP contribution in [-0.2, 0) is 11.2 Å². The Morgan fingerprint density at radius 3 is 3.05 bits per heavy atom. The van der Waals surface area contributed by atoms with Gasteiger partial charge in [-0.15, -0.1) is 11.3 Å². The third-order valence-electron chi connectivity index (χ3n) is 4.33. The Bertz CT molecular complexity index is 559. The molecule has 3 rings (SSSR count). The van der Waals surface area contributed by atoms with Crippen molar-refractivity contribution in [3.05, 3.63) is 11.1 Å². The van der Waals surface area contributed by atoms with Gasteiger partial charge in [-0.25, -0.2) is 9.78 Å². The number of carbonyl (C=O) groups is 2. The molecule has 0 radical (unpaired) electrons. The summed E-state index contributed by atoms with van der Waals surface area (Å²) in [4.78, 5) is 32.1. The lowest BCUT2D eigenvalue weighted by Crippen LogP contribution is -2.33. The van der Waals surface area contributed by atoms with Gasteiger partial charge in [-0.3, -0.25) is 9.69 Å². The molecule has 0 aliphatic carbocycles. The van der Waals surface area contributed by atoms with Crippen molar-refractivity contribution in [1.82, 2.24) is 15.2 Å². The molecule has 0 aromatic carbocycles. The fourth-order valence-electron chi connectivity index (χ4n) is 2.93. The first kappa shape index (κ1) is 15.3. The molecule has 2 aliphatic heterocycles. The number of carbonyl (C=O) groups excluding carboxylic acids is 2. The van der Waals surface area contributed by atoms with Crippen molar-refractivity contribution < 1.29 is 9.59 Å². The Kier molecular flexibility index (Phi) is 4.61. The number of likely N-dealkylation sites (tertiary alicyclic amines) is 1. The van der Waals surface area contributed by atoms with Crippen LogP contribution in [0.4, 0.5) is 9.93 Å². The summed E-state index contributed by atoms with van der Waals surface area (Å²) in [7, 11) is 0. The first-order valence-electron chi connectivity index (χ1n) is 7.91. The highest BCUT2D eigenvalue weighted by molar-refractivity contribution is 7.14. The van der Waals surface area contributed by atoms with Gasteiger partial charge < -0.3 is 10.2 Å². The van der Waals surface area contributed by atoms with Gasteiger partial charge in [0.25, 0.3) is 0 Å². The highest BCUT2D eigenvalue weighted by Crippen LogP contribution is 2.23. The highest BCUT2D eigenvalue weighted by Gasteiger charge is 2.25. The monoisotopic (exact) mass is 322 g/mol. The number of urea groups is 1. The summed E-state index contributed by atoms with van der Waals surface area (Å²) in [6.07, 6.45) is 3.71. The molecule has 22 heavy (non-hydrogen) atoms. The average molecular weight is 322 g/mol. The van der Waals surface area contributed by atoms with Crippen LogP contribution in [0.25, 0.3) is 0 Å². The van der Waals surface area contributed by atoms with E-state index in [9.17, 15) is 9.59 Å². The van der Waals surface area contributed by atoms with Crippen LogP contribution in [0, 0.1) is 5.92 Å². The van der Waals surface area contributed by atoms with E-state index in [0.717, 1.165) is 31.6 Å². The molecule has 0 unspecified atom stereocenters. The second-order valence-corrected chi connectivity index (χ2v) is 6.94. The van der Waals surface area contributed by atoms with E-state index >= 15 is 0 Å². The molecule has 2 aliphatic rings. The zero-order valence-electron chi connectivity index (χ0n) is 12.9. The summed E-state index contributed by atoms with van der Waals surface area (Å²) in [5, 5.41) is 5.33. The zero-order valence-corrected chi connectivity index (χ0v) is 13.7. The lowest BCUT2D eigenvalue weighted by molar-refractivity contribution is -0.130. The first-order chi connectivity index (χ1) is 10.6. The van der Waals surface area contributed by atoms with Gasteiger partial charge in [-0.05, 0) is 25.2 Å². The van der Waals surface area contributed by atoms with E-state index in [-0.39, 0.29) is 11.9 Å².